The van der Waals surface area contributed by atoms with Crippen molar-refractivity contribution in [1.82, 2.24) is 0 Å². The van der Waals surface area contributed by atoms with Gasteiger partial charge in [0.1, 0.15) is 17.5 Å². The molecule has 0 aromatic heterocycles. The molecule has 2 aromatic carbocycles. The largest absolute Gasteiger partial charge is 0.506 e. The minimum atomic E-state index is -0.936. The van der Waals surface area contributed by atoms with Gasteiger partial charge in [0.05, 0.1) is 11.5 Å². The number of nitro groups is 1. The molecule has 2 N–H and O–H groups in total. The summed E-state index contributed by atoms with van der Waals surface area (Å²) in [6.07, 6.45) is 1.91. The van der Waals surface area contributed by atoms with Crippen molar-refractivity contribution in [1.29, 1.82) is 5.26 Å². The summed E-state index contributed by atoms with van der Waals surface area (Å²) in [6.45, 7) is 5.25. The highest BCUT2D eigenvalue weighted by molar-refractivity contribution is 6.05. The first-order chi connectivity index (χ1) is 16.7. The van der Waals surface area contributed by atoms with Crippen LogP contribution in [-0.4, -0.2) is 41.6 Å². The van der Waals surface area contributed by atoms with E-state index in [1.54, 1.807) is 25.1 Å². The Labute approximate surface area is 202 Å². The molecule has 10 heteroatoms. The van der Waals surface area contributed by atoms with Crippen LogP contribution in [0.5, 0.6) is 0 Å². The molecule has 0 unspecified atom stereocenters. The SMILES string of the molecule is CCOC(=O)/C(C#N)=C(\O)c1ccc(NC(=O)c2ccc(N3CCC(C)CC3)c([N+](=O)[O-])c2)cc1. The number of ether oxygens (including phenoxy) is 1. The Hall–Kier alpha value is -4.39. The zero-order chi connectivity index (χ0) is 25.5. The topological polar surface area (TPSA) is 146 Å². The van der Waals surface area contributed by atoms with E-state index < -0.39 is 28.1 Å². The zero-order valence-electron chi connectivity index (χ0n) is 19.5. The Morgan fingerprint density at radius 2 is 1.83 bits per heavy atom. The molecule has 1 amide bonds. The average Bonchev–Trinajstić information content (AvgIpc) is 2.85. The highest BCUT2D eigenvalue weighted by atomic mass is 16.6. The van der Waals surface area contributed by atoms with Crippen LogP contribution < -0.4 is 10.2 Å². The van der Waals surface area contributed by atoms with Crippen molar-refractivity contribution < 1.29 is 24.4 Å². The minimum absolute atomic E-state index is 0.0542. The number of nitrogens with one attached hydrogen (secondary N) is 1. The number of nitro benzene ring substituents is 1. The third-order valence-electron chi connectivity index (χ3n) is 5.80. The Morgan fingerprint density at radius 1 is 1.20 bits per heavy atom. The molecule has 0 atom stereocenters. The van der Waals surface area contributed by atoms with Gasteiger partial charge in [0.15, 0.2) is 5.57 Å². The Kier molecular flexibility index (Phi) is 8.04. The van der Waals surface area contributed by atoms with Crippen molar-refractivity contribution in [2.24, 2.45) is 5.92 Å². The molecule has 3 rings (SSSR count). The van der Waals surface area contributed by atoms with E-state index in [0.29, 0.717) is 17.3 Å². The van der Waals surface area contributed by atoms with Crippen molar-refractivity contribution in [3.63, 3.8) is 0 Å². The number of aliphatic hydroxyl groups is 1. The summed E-state index contributed by atoms with van der Waals surface area (Å²) in [6, 6.07) is 11.8. The maximum Gasteiger partial charge on any atom is 0.352 e. The van der Waals surface area contributed by atoms with Crippen molar-refractivity contribution in [3.05, 3.63) is 69.3 Å². The number of piperidine rings is 1. The van der Waals surface area contributed by atoms with E-state index in [1.165, 1.54) is 30.3 Å². The van der Waals surface area contributed by atoms with Gasteiger partial charge in [0, 0.05) is 36.0 Å². The molecule has 1 heterocycles. The molecule has 0 aliphatic carbocycles. The predicted octanol–water partition coefficient (Wildman–Crippen LogP) is 4.44. The van der Waals surface area contributed by atoms with Crippen LogP contribution in [0.2, 0.25) is 0 Å². The molecule has 0 radical (unpaired) electrons. The first kappa shape index (κ1) is 25.2. The van der Waals surface area contributed by atoms with Gasteiger partial charge < -0.3 is 20.1 Å². The number of nitrogens with zero attached hydrogens (tertiary/aromatic N) is 3. The van der Waals surface area contributed by atoms with Crippen LogP contribution in [0.25, 0.3) is 5.76 Å². The van der Waals surface area contributed by atoms with Crippen LogP contribution in [0, 0.1) is 27.4 Å². The van der Waals surface area contributed by atoms with Gasteiger partial charge in [-0.1, -0.05) is 6.92 Å². The second-order valence-electron chi connectivity index (χ2n) is 8.22. The van der Waals surface area contributed by atoms with Crippen molar-refractivity contribution in [2.75, 3.05) is 29.9 Å². The summed E-state index contributed by atoms with van der Waals surface area (Å²) in [4.78, 5) is 37.7. The van der Waals surface area contributed by atoms with Crippen LogP contribution >= 0.6 is 0 Å². The number of benzene rings is 2. The average molecular weight is 479 g/mol. The lowest BCUT2D eigenvalue weighted by Crippen LogP contribution is -2.33. The molecule has 1 fully saturated rings. The summed E-state index contributed by atoms with van der Waals surface area (Å²) >= 11 is 0. The first-order valence-corrected chi connectivity index (χ1v) is 11.2. The summed E-state index contributed by atoms with van der Waals surface area (Å²) in [5.74, 6) is -1.43. The summed E-state index contributed by atoms with van der Waals surface area (Å²) in [5, 5.41) is 33.8. The summed E-state index contributed by atoms with van der Waals surface area (Å²) in [5.41, 5.74) is 0.521. The van der Waals surface area contributed by atoms with E-state index in [4.69, 9.17) is 10.00 Å². The highest BCUT2D eigenvalue weighted by Crippen LogP contribution is 2.32. The molecule has 10 nitrogen and oxygen atoms in total. The third kappa shape index (κ3) is 5.95. The molecule has 2 aromatic rings. The smallest absolute Gasteiger partial charge is 0.352 e. The normalized spacial score (nSPS) is 14.5. The van der Waals surface area contributed by atoms with Gasteiger partial charge >= 0.3 is 5.97 Å². The van der Waals surface area contributed by atoms with Crippen LogP contribution in [0.3, 0.4) is 0 Å². The lowest BCUT2D eigenvalue weighted by atomic mass is 9.98. The van der Waals surface area contributed by atoms with Gasteiger partial charge in [0.2, 0.25) is 0 Å². The van der Waals surface area contributed by atoms with Gasteiger partial charge in [-0.05, 0) is 62.1 Å². The molecule has 0 saturated carbocycles. The van der Waals surface area contributed by atoms with Crippen LogP contribution in [0.4, 0.5) is 17.1 Å². The van der Waals surface area contributed by atoms with E-state index in [9.17, 15) is 24.8 Å². The summed E-state index contributed by atoms with van der Waals surface area (Å²) in [7, 11) is 0. The number of hydrogen-bond acceptors (Lipinski definition) is 8. The Bertz CT molecular complexity index is 1190. The Morgan fingerprint density at radius 3 is 2.40 bits per heavy atom. The van der Waals surface area contributed by atoms with E-state index in [1.807, 2.05) is 4.90 Å². The molecule has 182 valence electrons. The maximum atomic E-state index is 12.7. The highest BCUT2D eigenvalue weighted by Gasteiger charge is 2.25. The monoisotopic (exact) mass is 478 g/mol. The van der Waals surface area contributed by atoms with E-state index >= 15 is 0 Å². The third-order valence-corrected chi connectivity index (χ3v) is 5.80. The predicted molar refractivity (Wildman–Crippen MR) is 130 cm³/mol. The number of carbonyl (C=O) groups excluding carboxylic acids is 2. The first-order valence-electron chi connectivity index (χ1n) is 11.2. The minimum Gasteiger partial charge on any atom is -0.506 e. The van der Waals surface area contributed by atoms with Crippen LogP contribution in [0.1, 0.15) is 42.6 Å². The number of anilines is 2. The second-order valence-corrected chi connectivity index (χ2v) is 8.22. The van der Waals surface area contributed by atoms with Gasteiger partial charge in [-0.3, -0.25) is 14.9 Å². The molecule has 1 saturated heterocycles. The van der Waals surface area contributed by atoms with Crippen molar-refractivity contribution >= 4 is 34.7 Å². The lowest BCUT2D eigenvalue weighted by Gasteiger charge is -2.31. The van der Waals surface area contributed by atoms with Gasteiger partial charge in [0.25, 0.3) is 11.6 Å². The molecule has 0 bridgehead atoms. The Balaban J connectivity index is 1.77. The second kappa shape index (κ2) is 11.2. The fraction of sp³-hybridized carbons (Fsp3) is 0.320. The van der Waals surface area contributed by atoms with Crippen LogP contribution in [0.15, 0.2) is 48.0 Å². The van der Waals surface area contributed by atoms with E-state index in [-0.39, 0.29) is 23.4 Å². The fourth-order valence-electron chi connectivity index (χ4n) is 3.79. The fourth-order valence-corrected chi connectivity index (χ4v) is 3.79. The number of esters is 1. The number of carbonyl (C=O) groups is 2. The zero-order valence-corrected chi connectivity index (χ0v) is 19.5. The van der Waals surface area contributed by atoms with Crippen molar-refractivity contribution in [3.8, 4) is 6.07 Å². The molecular formula is C25H26N4O6. The van der Waals surface area contributed by atoms with Gasteiger partial charge in [-0.25, -0.2) is 4.79 Å². The number of nitriles is 1. The van der Waals surface area contributed by atoms with Crippen LogP contribution in [-0.2, 0) is 9.53 Å². The molecule has 35 heavy (non-hydrogen) atoms. The van der Waals surface area contributed by atoms with E-state index in [2.05, 4.69) is 12.2 Å². The number of amides is 1. The van der Waals surface area contributed by atoms with Gasteiger partial charge in [-0.2, -0.15) is 5.26 Å². The van der Waals surface area contributed by atoms with Crippen molar-refractivity contribution in [2.45, 2.75) is 26.7 Å². The quantitative estimate of drug-likeness (QED) is 0.148. The maximum absolute atomic E-state index is 12.7. The molecule has 0 spiro atoms. The van der Waals surface area contributed by atoms with E-state index in [0.717, 1.165) is 25.9 Å². The lowest BCUT2D eigenvalue weighted by molar-refractivity contribution is -0.384. The molecule has 1 aliphatic heterocycles. The standard InChI is InChI=1S/C25H26N4O6/c1-3-35-25(32)20(15-26)23(30)17-4-7-19(8-5-17)27-24(31)18-6-9-21(22(14-18)29(33)34)28-12-10-16(2)11-13-28/h4-9,14,16,30H,3,10-13H2,1-2H3,(H,27,31)/b23-20-. The number of hydrogen-bond donors (Lipinski definition) is 2. The summed E-state index contributed by atoms with van der Waals surface area (Å²) < 4.78 is 4.75. The molecular weight excluding hydrogens is 452 g/mol. The number of aliphatic hydroxyl groups excluding tert-OH is 1. The van der Waals surface area contributed by atoms with Gasteiger partial charge in [-0.15, -0.1) is 0 Å². The molecule has 1 aliphatic rings. The number of rotatable bonds is 7.